The molecule has 0 aliphatic carbocycles. The van der Waals surface area contributed by atoms with Crippen molar-refractivity contribution in [1.82, 2.24) is 19.2 Å². The van der Waals surface area contributed by atoms with Crippen LogP contribution in [0.4, 0.5) is 5.69 Å². The van der Waals surface area contributed by atoms with Crippen molar-refractivity contribution in [2.75, 3.05) is 44.2 Å². The molecule has 8 nitrogen and oxygen atoms in total. The minimum absolute atomic E-state index is 0.0448. The quantitative estimate of drug-likeness (QED) is 0.281. The smallest absolute Gasteiger partial charge is 0.270 e. The standard InChI is InChI=1S/C28H29Cl2N5O3S/c29-23-11-6-12-24(26(23)30)34-18-16-33(17-19-34)15-5-4-13-32-28(36)25-20-21-8-7-14-31-27(21)35(25)39(37,38)22-9-2-1-3-10-22/h1-3,6-12,14,20H,4-5,13,15-19H2,(H,32,36). The summed E-state index contributed by atoms with van der Waals surface area (Å²) in [6.45, 7) is 4.92. The Labute approximate surface area is 238 Å². The summed E-state index contributed by atoms with van der Waals surface area (Å²) < 4.78 is 27.9. The molecule has 0 atom stereocenters. The second kappa shape index (κ2) is 12.0. The molecule has 0 radical (unpaired) electrons. The molecule has 0 spiro atoms. The monoisotopic (exact) mass is 585 g/mol. The SMILES string of the molecule is O=C(NCCCCN1CCN(c2cccc(Cl)c2Cl)CC1)c1cc2cccnc2n1S(=O)(=O)c1ccccc1. The maximum Gasteiger partial charge on any atom is 0.270 e. The molecule has 0 bridgehead atoms. The van der Waals surface area contributed by atoms with E-state index >= 15 is 0 Å². The first kappa shape index (κ1) is 27.5. The summed E-state index contributed by atoms with van der Waals surface area (Å²) in [6.07, 6.45) is 3.20. The second-order valence-corrected chi connectivity index (χ2v) is 12.0. The summed E-state index contributed by atoms with van der Waals surface area (Å²) in [7, 11) is -4.01. The van der Waals surface area contributed by atoms with E-state index in [0.29, 0.717) is 22.0 Å². The van der Waals surface area contributed by atoms with Crippen LogP contribution >= 0.6 is 23.2 Å². The van der Waals surface area contributed by atoms with Gasteiger partial charge in [-0.25, -0.2) is 17.4 Å². The van der Waals surface area contributed by atoms with Gasteiger partial charge in [0.2, 0.25) is 0 Å². The molecule has 3 heterocycles. The van der Waals surface area contributed by atoms with Crippen molar-refractivity contribution in [1.29, 1.82) is 0 Å². The Balaban J connectivity index is 1.16. The molecular weight excluding hydrogens is 557 g/mol. The van der Waals surface area contributed by atoms with Crippen LogP contribution in [0.15, 0.2) is 77.8 Å². The van der Waals surface area contributed by atoms with Crippen molar-refractivity contribution in [2.45, 2.75) is 17.7 Å². The van der Waals surface area contributed by atoms with Crippen LogP contribution in [0.5, 0.6) is 0 Å². The van der Waals surface area contributed by atoms with E-state index in [0.717, 1.165) is 55.2 Å². The van der Waals surface area contributed by atoms with Gasteiger partial charge in [0.15, 0.2) is 5.65 Å². The van der Waals surface area contributed by atoms with E-state index < -0.39 is 15.9 Å². The van der Waals surface area contributed by atoms with Crippen molar-refractivity contribution in [3.8, 4) is 0 Å². The third-order valence-electron chi connectivity index (χ3n) is 6.87. The Morgan fingerprint density at radius 1 is 0.923 bits per heavy atom. The van der Waals surface area contributed by atoms with Gasteiger partial charge in [0.25, 0.3) is 15.9 Å². The number of rotatable bonds is 9. The van der Waals surface area contributed by atoms with Crippen LogP contribution < -0.4 is 10.2 Å². The van der Waals surface area contributed by atoms with Gasteiger partial charge in [-0.2, -0.15) is 0 Å². The summed E-state index contributed by atoms with van der Waals surface area (Å²) in [5.41, 5.74) is 1.24. The number of amides is 1. The van der Waals surface area contributed by atoms with E-state index in [1.807, 2.05) is 12.1 Å². The maximum absolute atomic E-state index is 13.5. The van der Waals surface area contributed by atoms with E-state index in [1.54, 1.807) is 42.5 Å². The average molecular weight is 587 g/mol. The highest BCUT2D eigenvalue weighted by molar-refractivity contribution is 7.90. The number of nitrogens with zero attached hydrogens (tertiary/aromatic N) is 4. The van der Waals surface area contributed by atoms with Crippen LogP contribution in [0.1, 0.15) is 23.3 Å². The molecule has 5 rings (SSSR count). The van der Waals surface area contributed by atoms with Crippen molar-refractivity contribution in [3.63, 3.8) is 0 Å². The third-order valence-corrected chi connectivity index (χ3v) is 9.39. The van der Waals surface area contributed by atoms with Crippen molar-refractivity contribution in [3.05, 3.63) is 88.7 Å². The number of carbonyl (C=O) groups is 1. The van der Waals surface area contributed by atoms with E-state index in [1.165, 1.54) is 18.3 Å². The van der Waals surface area contributed by atoms with Crippen LogP contribution in [0.25, 0.3) is 11.0 Å². The molecule has 1 amide bonds. The van der Waals surface area contributed by atoms with Crippen LogP contribution in [0.3, 0.4) is 0 Å². The van der Waals surface area contributed by atoms with E-state index in [-0.39, 0.29) is 16.2 Å². The highest BCUT2D eigenvalue weighted by atomic mass is 35.5. The number of piperazine rings is 1. The normalized spacial score (nSPS) is 14.6. The molecule has 1 fully saturated rings. The Hall–Kier alpha value is -3.11. The van der Waals surface area contributed by atoms with Crippen molar-refractivity contribution < 1.29 is 13.2 Å². The Kier molecular flexibility index (Phi) is 8.42. The molecule has 39 heavy (non-hydrogen) atoms. The Morgan fingerprint density at radius 3 is 2.46 bits per heavy atom. The highest BCUT2D eigenvalue weighted by Gasteiger charge is 2.27. The number of carbonyl (C=O) groups excluding carboxylic acids is 1. The molecular formula is C28H29Cl2N5O3S. The Morgan fingerprint density at radius 2 is 1.69 bits per heavy atom. The fourth-order valence-electron chi connectivity index (χ4n) is 4.81. The number of anilines is 1. The predicted molar refractivity (Wildman–Crippen MR) is 155 cm³/mol. The lowest BCUT2D eigenvalue weighted by Crippen LogP contribution is -2.46. The van der Waals surface area contributed by atoms with E-state index in [9.17, 15) is 13.2 Å². The Bertz CT molecular complexity index is 1570. The summed E-state index contributed by atoms with van der Waals surface area (Å²) in [5.74, 6) is -0.445. The third kappa shape index (κ3) is 5.91. The zero-order valence-corrected chi connectivity index (χ0v) is 23.6. The van der Waals surface area contributed by atoms with Gasteiger partial charge in [0.05, 0.1) is 20.6 Å². The average Bonchev–Trinajstić information content (AvgIpc) is 3.36. The van der Waals surface area contributed by atoms with Crippen molar-refractivity contribution >= 4 is 55.9 Å². The summed E-state index contributed by atoms with van der Waals surface area (Å²) in [5, 5.41) is 4.63. The number of hydrogen-bond acceptors (Lipinski definition) is 6. The molecule has 2 aromatic carbocycles. The van der Waals surface area contributed by atoms with Crippen molar-refractivity contribution in [2.24, 2.45) is 0 Å². The fourth-order valence-corrected chi connectivity index (χ4v) is 6.71. The van der Waals surface area contributed by atoms with Gasteiger partial charge in [-0.15, -0.1) is 0 Å². The number of unbranched alkanes of at least 4 members (excludes halogenated alkanes) is 1. The number of aromatic nitrogens is 2. The minimum atomic E-state index is -4.01. The number of hydrogen-bond donors (Lipinski definition) is 1. The number of benzene rings is 2. The molecule has 1 N–H and O–H groups in total. The van der Waals surface area contributed by atoms with Crippen LogP contribution in [0, 0.1) is 0 Å². The first-order chi connectivity index (χ1) is 18.9. The fraction of sp³-hybridized carbons (Fsp3) is 0.286. The lowest BCUT2D eigenvalue weighted by atomic mass is 10.2. The van der Waals surface area contributed by atoms with Gasteiger partial charge in [-0.1, -0.05) is 47.5 Å². The van der Waals surface area contributed by atoms with Gasteiger partial charge in [0, 0.05) is 44.3 Å². The number of halogens is 2. The number of pyridine rings is 1. The molecule has 2 aromatic heterocycles. The molecule has 0 saturated carbocycles. The predicted octanol–water partition coefficient (Wildman–Crippen LogP) is 4.91. The molecule has 11 heteroatoms. The molecule has 1 saturated heterocycles. The molecule has 0 unspecified atom stereocenters. The van der Waals surface area contributed by atoms with E-state index in [4.69, 9.17) is 23.2 Å². The lowest BCUT2D eigenvalue weighted by Gasteiger charge is -2.36. The van der Waals surface area contributed by atoms with Crippen LogP contribution in [-0.2, 0) is 10.0 Å². The topological polar surface area (TPSA) is 87.5 Å². The van der Waals surface area contributed by atoms with E-state index in [2.05, 4.69) is 20.1 Å². The zero-order chi connectivity index (χ0) is 27.4. The summed E-state index contributed by atoms with van der Waals surface area (Å²) in [6, 6.07) is 18.8. The molecule has 204 valence electrons. The second-order valence-electron chi connectivity index (χ2n) is 9.39. The van der Waals surface area contributed by atoms with Gasteiger partial charge in [0.1, 0.15) is 5.69 Å². The highest BCUT2D eigenvalue weighted by Crippen LogP contribution is 2.33. The van der Waals surface area contributed by atoms with Crippen LogP contribution in [0.2, 0.25) is 10.0 Å². The van der Waals surface area contributed by atoms with Gasteiger partial charge in [-0.05, 0) is 61.9 Å². The number of nitrogens with one attached hydrogen (secondary N) is 1. The number of fused-ring (bicyclic) bond motifs is 1. The largest absolute Gasteiger partial charge is 0.368 e. The van der Waals surface area contributed by atoms with Gasteiger partial charge in [-0.3, -0.25) is 9.69 Å². The zero-order valence-electron chi connectivity index (χ0n) is 21.3. The van der Waals surface area contributed by atoms with Gasteiger partial charge < -0.3 is 10.2 Å². The van der Waals surface area contributed by atoms with Crippen LogP contribution in [-0.4, -0.2) is 67.4 Å². The minimum Gasteiger partial charge on any atom is -0.368 e. The molecule has 1 aliphatic heterocycles. The summed E-state index contributed by atoms with van der Waals surface area (Å²) >= 11 is 12.5. The summed E-state index contributed by atoms with van der Waals surface area (Å²) in [4.78, 5) is 22.1. The molecule has 4 aromatic rings. The molecule has 1 aliphatic rings. The maximum atomic E-state index is 13.5. The van der Waals surface area contributed by atoms with Gasteiger partial charge >= 0.3 is 0 Å². The first-order valence-electron chi connectivity index (χ1n) is 12.8. The first-order valence-corrected chi connectivity index (χ1v) is 15.0. The lowest BCUT2D eigenvalue weighted by molar-refractivity contribution is 0.0946.